The molecule has 0 heterocycles. The molecule has 6 aromatic carbocycles. The fraction of sp³-hybridized carbons (Fsp3) is 0.0889. The number of nitrogens with one attached hydrogen (secondary N) is 4. The Kier molecular flexibility index (Phi) is 15.3. The minimum absolute atomic E-state index is 0.101. The molecular formula is C45H38N8O17S2. The van der Waals surface area contributed by atoms with Crippen LogP contribution in [0, 0.1) is 13.8 Å². The highest BCUT2D eigenvalue weighted by Crippen LogP contribution is 2.38. The van der Waals surface area contributed by atoms with Crippen LogP contribution in [0.5, 0.6) is 23.0 Å². The molecule has 0 unspecified atom stereocenters. The molecule has 0 aromatic heterocycles. The second kappa shape index (κ2) is 21.1. The minimum Gasteiger partial charge on any atom is -0.506 e. The van der Waals surface area contributed by atoms with Gasteiger partial charge in [-0.1, -0.05) is 12.1 Å². The molecule has 10 N–H and O–H groups in total. The summed E-state index contributed by atoms with van der Waals surface area (Å²) in [6, 6.07) is 19.9. The summed E-state index contributed by atoms with van der Waals surface area (Å²) in [4.78, 5) is 61.0. The Morgan fingerprint density at radius 2 is 0.889 bits per heavy atom. The molecule has 0 fully saturated rings. The van der Waals surface area contributed by atoms with E-state index in [1.807, 2.05) is 0 Å². The van der Waals surface area contributed by atoms with Gasteiger partial charge >= 0.3 is 18.0 Å². The summed E-state index contributed by atoms with van der Waals surface area (Å²) in [6.45, 7) is 3.18. The van der Waals surface area contributed by atoms with Gasteiger partial charge < -0.3 is 51.2 Å². The van der Waals surface area contributed by atoms with Crippen molar-refractivity contribution in [3.05, 3.63) is 130 Å². The average molecular weight is 1030 g/mol. The number of hydrogen-bond donors (Lipinski definition) is 10. The molecule has 0 spiro atoms. The zero-order valence-corrected chi connectivity index (χ0v) is 39.1. The van der Waals surface area contributed by atoms with E-state index in [0.29, 0.717) is 11.1 Å². The Hall–Kier alpha value is -9.31. The molecule has 0 radical (unpaired) electrons. The summed E-state index contributed by atoms with van der Waals surface area (Å²) in [5.74, 6) is -6.82. The number of amides is 4. The largest absolute Gasteiger partial charge is 0.506 e. The third kappa shape index (κ3) is 12.3. The van der Waals surface area contributed by atoms with E-state index in [1.54, 1.807) is 13.8 Å². The first-order chi connectivity index (χ1) is 33.9. The first-order valence-corrected chi connectivity index (χ1v) is 23.0. The SMILES string of the molecule is COc1cc(N=Nc2cc(C(=O)O)c(O)c(S(=O)(=O)O)c2)c(C)cc1NC(=O)c1cccc(NC(=O)Nc2cccc(C(=O)Nc3cc(C)c(N=Nc4cc(C(=O)O)c(O)c(S(=O)(=O)O)c4)cc3OC)c2)c1. The highest BCUT2D eigenvalue weighted by atomic mass is 32.2. The van der Waals surface area contributed by atoms with Gasteiger partial charge in [-0.3, -0.25) is 18.7 Å². The highest BCUT2D eigenvalue weighted by Gasteiger charge is 2.25. The van der Waals surface area contributed by atoms with Crippen molar-refractivity contribution in [1.29, 1.82) is 0 Å². The van der Waals surface area contributed by atoms with Crippen molar-refractivity contribution in [2.45, 2.75) is 23.6 Å². The summed E-state index contributed by atoms with van der Waals surface area (Å²) >= 11 is 0. The smallest absolute Gasteiger partial charge is 0.339 e. The Morgan fingerprint density at radius 1 is 0.514 bits per heavy atom. The van der Waals surface area contributed by atoms with E-state index < -0.39 is 82.4 Å². The lowest BCUT2D eigenvalue weighted by atomic mass is 10.1. The fourth-order valence-corrected chi connectivity index (χ4v) is 7.75. The predicted molar refractivity (Wildman–Crippen MR) is 255 cm³/mol. The number of ether oxygens (including phenoxy) is 2. The van der Waals surface area contributed by atoms with Crippen LogP contribution in [-0.4, -0.2) is 90.4 Å². The van der Waals surface area contributed by atoms with Gasteiger partial charge in [-0.05, 0) is 97.8 Å². The van der Waals surface area contributed by atoms with Gasteiger partial charge in [0.15, 0.2) is 11.5 Å². The Bertz CT molecular complexity index is 3300. The molecule has 0 atom stereocenters. The first-order valence-electron chi connectivity index (χ1n) is 20.1. The van der Waals surface area contributed by atoms with Gasteiger partial charge in [-0.25, -0.2) is 14.4 Å². The van der Waals surface area contributed by atoms with Gasteiger partial charge in [-0.15, -0.1) is 0 Å². The van der Waals surface area contributed by atoms with Crippen LogP contribution in [0.4, 0.5) is 50.3 Å². The number of aryl methyl sites for hydroxylation is 2. The maximum atomic E-state index is 13.4. The molecular weight excluding hydrogens is 989 g/mol. The third-order valence-electron chi connectivity index (χ3n) is 9.98. The highest BCUT2D eigenvalue weighted by molar-refractivity contribution is 7.86. The molecule has 372 valence electrons. The third-order valence-corrected chi connectivity index (χ3v) is 11.7. The van der Waals surface area contributed by atoms with Gasteiger partial charge in [0.2, 0.25) is 0 Å². The van der Waals surface area contributed by atoms with Crippen molar-refractivity contribution in [2.75, 3.05) is 35.5 Å². The topological polar surface area (TPSA) is 391 Å². The lowest BCUT2D eigenvalue weighted by Gasteiger charge is -2.14. The van der Waals surface area contributed by atoms with Gasteiger partial charge in [0.25, 0.3) is 32.1 Å². The number of carbonyl (C=O) groups is 5. The number of hydrogen-bond acceptors (Lipinski definition) is 17. The lowest BCUT2D eigenvalue weighted by molar-refractivity contribution is 0.0681. The Balaban J connectivity index is 1.11. The summed E-state index contributed by atoms with van der Waals surface area (Å²) in [5.41, 5.74) is -0.282. The number of methoxy groups -OCH3 is 2. The fourth-order valence-electron chi connectivity index (χ4n) is 6.51. The number of aromatic hydroxyl groups is 2. The molecule has 72 heavy (non-hydrogen) atoms. The van der Waals surface area contributed by atoms with Crippen LogP contribution in [0.25, 0.3) is 0 Å². The summed E-state index contributed by atoms with van der Waals surface area (Å²) in [7, 11) is -7.48. The molecule has 4 amide bonds. The van der Waals surface area contributed by atoms with Crippen molar-refractivity contribution in [3.63, 3.8) is 0 Å². The van der Waals surface area contributed by atoms with Crippen LogP contribution in [0.3, 0.4) is 0 Å². The van der Waals surface area contributed by atoms with Crippen LogP contribution < -0.4 is 30.7 Å². The van der Waals surface area contributed by atoms with Crippen LogP contribution in [0.2, 0.25) is 0 Å². The quantitative estimate of drug-likeness (QED) is 0.0320. The van der Waals surface area contributed by atoms with Crippen molar-refractivity contribution >= 4 is 95.5 Å². The molecule has 6 rings (SSSR count). The number of carboxylic acid groups (broad SMARTS) is 2. The maximum Gasteiger partial charge on any atom is 0.339 e. The number of carboxylic acids is 2. The number of carbonyl (C=O) groups excluding carboxylic acids is 3. The monoisotopic (exact) mass is 1030 g/mol. The van der Waals surface area contributed by atoms with Crippen molar-refractivity contribution in [3.8, 4) is 23.0 Å². The molecule has 0 saturated carbocycles. The van der Waals surface area contributed by atoms with Crippen molar-refractivity contribution in [2.24, 2.45) is 20.5 Å². The standard InChI is InChI=1S/C45H38N8O17S2/c1-21-11-33(35(69-3)19-31(21)52-50-27-15-29(43(58)59)39(54)37(17-27)71(63,64)65)48-41(56)23-7-5-9-25(13-23)46-45(62)47-26-10-6-8-24(14-26)42(57)49-34-12-22(2)32(20-36(34)70-4)53-51-28-16-30(44(60)61)40(55)38(18-28)72(66,67)68/h5-20,54-55H,1-4H3,(H,48,56)(H,49,57)(H,58,59)(H,60,61)(H2,46,47,62)(H,63,64,65)(H,66,67,68). The van der Waals surface area contributed by atoms with Crippen LogP contribution in [0.1, 0.15) is 52.6 Å². The van der Waals surface area contributed by atoms with E-state index in [0.717, 1.165) is 24.3 Å². The number of benzene rings is 6. The van der Waals surface area contributed by atoms with E-state index in [9.17, 15) is 70.3 Å². The number of phenols is 2. The van der Waals surface area contributed by atoms with Crippen LogP contribution >= 0.6 is 0 Å². The van der Waals surface area contributed by atoms with E-state index in [4.69, 9.17) is 9.47 Å². The molecule has 0 aliphatic carbocycles. The Labute approximate surface area is 407 Å². The normalized spacial score (nSPS) is 11.5. The van der Waals surface area contributed by atoms with Gasteiger partial charge in [-0.2, -0.15) is 37.3 Å². The lowest BCUT2D eigenvalue weighted by Crippen LogP contribution is -2.20. The Morgan fingerprint density at radius 3 is 1.22 bits per heavy atom. The number of anilines is 4. The molecule has 0 aliphatic rings. The van der Waals surface area contributed by atoms with Crippen LogP contribution in [-0.2, 0) is 20.2 Å². The molecule has 6 aromatic rings. The van der Waals surface area contributed by atoms with Crippen molar-refractivity contribution < 1.29 is 79.8 Å². The van der Waals surface area contributed by atoms with E-state index in [-0.39, 0.29) is 68.1 Å². The van der Waals surface area contributed by atoms with Gasteiger partial charge in [0.05, 0.1) is 48.3 Å². The molecule has 0 saturated heterocycles. The molecule has 25 nitrogen and oxygen atoms in total. The van der Waals surface area contributed by atoms with Crippen molar-refractivity contribution in [1.82, 2.24) is 0 Å². The number of aromatic carboxylic acids is 2. The number of azo groups is 2. The number of nitrogens with zero attached hydrogens (tertiary/aromatic N) is 4. The van der Waals surface area contributed by atoms with E-state index >= 15 is 0 Å². The minimum atomic E-state index is -5.04. The molecule has 0 aliphatic heterocycles. The number of urea groups is 1. The summed E-state index contributed by atoms with van der Waals surface area (Å²) < 4.78 is 76.8. The van der Waals surface area contributed by atoms with Crippen LogP contribution in [0.15, 0.2) is 127 Å². The summed E-state index contributed by atoms with van der Waals surface area (Å²) in [5, 5.41) is 65.3. The summed E-state index contributed by atoms with van der Waals surface area (Å²) in [6.07, 6.45) is 0. The average Bonchev–Trinajstić information content (AvgIpc) is 3.30. The van der Waals surface area contributed by atoms with Gasteiger partial charge in [0, 0.05) is 34.6 Å². The zero-order chi connectivity index (χ0) is 52.8. The number of rotatable bonds is 16. The second-order valence-corrected chi connectivity index (χ2v) is 17.7. The van der Waals surface area contributed by atoms with E-state index in [1.165, 1.54) is 87.0 Å². The first kappa shape index (κ1) is 52.1. The molecule has 27 heteroatoms. The van der Waals surface area contributed by atoms with E-state index in [2.05, 4.69) is 41.7 Å². The predicted octanol–water partition coefficient (Wildman–Crippen LogP) is 8.60. The second-order valence-electron chi connectivity index (χ2n) is 15.0. The zero-order valence-electron chi connectivity index (χ0n) is 37.5. The maximum absolute atomic E-state index is 13.4. The van der Waals surface area contributed by atoms with Gasteiger partial charge in [0.1, 0.15) is 32.4 Å². The molecule has 0 bridgehead atoms.